The Morgan fingerprint density at radius 2 is 1.84 bits per heavy atom. The molecule has 0 aliphatic heterocycles. The maximum atomic E-state index is 3.78. The molecule has 0 aromatic heterocycles. The molecule has 0 amide bonds. The van der Waals surface area contributed by atoms with Crippen LogP contribution >= 0.6 is 0 Å². The Kier molecular flexibility index (Phi) is 5.91. The molecular formula is C18H29N. The molecule has 0 heterocycles. The second-order valence-electron chi connectivity index (χ2n) is 6.40. The first-order valence-corrected chi connectivity index (χ1v) is 8.03. The van der Waals surface area contributed by atoms with Crippen molar-refractivity contribution in [3.05, 3.63) is 35.9 Å². The molecule has 1 fully saturated rings. The van der Waals surface area contributed by atoms with Crippen LogP contribution in [0.5, 0.6) is 0 Å². The fraction of sp³-hybridized carbons (Fsp3) is 0.667. The van der Waals surface area contributed by atoms with Gasteiger partial charge in [-0.25, -0.2) is 0 Å². The average molecular weight is 259 g/mol. The van der Waals surface area contributed by atoms with Crippen LogP contribution in [0.3, 0.4) is 0 Å². The van der Waals surface area contributed by atoms with Gasteiger partial charge in [0.1, 0.15) is 0 Å². The standard InChI is InChI=1S/C18H29N/c1-15-11-12-18(16(2)14-15)19-13-7-6-10-17-8-4-3-5-9-17/h3-5,8-9,15-16,18-19H,6-7,10-14H2,1-2H3. The molecule has 0 saturated heterocycles. The fourth-order valence-electron chi connectivity index (χ4n) is 3.35. The second-order valence-corrected chi connectivity index (χ2v) is 6.40. The molecule has 0 spiro atoms. The highest BCUT2D eigenvalue weighted by molar-refractivity contribution is 5.14. The van der Waals surface area contributed by atoms with Crippen LogP contribution in [0.1, 0.15) is 51.5 Å². The summed E-state index contributed by atoms with van der Waals surface area (Å²) in [5.41, 5.74) is 1.47. The van der Waals surface area contributed by atoms with Gasteiger partial charge in [0.15, 0.2) is 0 Å². The normalized spacial score (nSPS) is 27.4. The first-order valence-electron chi connectivity index (χ1n) is 8.03. The van der Waals surface area contributed by atoms with Gasteiger partial charge in [-0.2, -0.15) is 0 Å². The van der Waals surface area contributed by atoms with E-state index in [4.69, 9.17) is 0 Å². The predicted molar refractivity (Wildman–Crippen MR) is 83.3 cm³/mol. The van der Waals surface area contributed by atoms with Crippen molar-refractivity contribution in [1.29, 1.82) is 0 Å². The van der Waals surface area contributed by atoms with E-state index in [1.807, 2.05) is 0 Å². The summed E-state index contributed by atoms with van der Waals surface area (Å²) in [7, 11) is 0. The molecule has 1 N–H and O–H groups in total. The lowest BCUT2D eigenvalue weighted by atomic mass is 9.80. The maximum absolute atomic E-state index is 3.78. The van der Waals surface area contributed by atoms with E-state index < -0.39 is 0 Å². The summed E-state index contributed by atoms with van der Waals surface area (Å²) in [5.74, 6) is 1.80. The van der Waals surface area contributed by atoms with Crippen LogP contribution < -0.4 is 5.32 Å². The number of hydrogen-bond donors (Lipinski definition) is 1. The summed E-state index contributed by atoms with van der Waals surface area (Å²) >= 11 is 0. The third kappa shape index (κ3) is 4.99. The molecule has 1 saturated carbocycles. The van der Waals surface area contributed by atoms with E-state index in [9.17, 15) is 0 Å². The van der Waals surface area contributed by atoms with E-state index in [0.29, 0.717) is 0 Å². The zero-order valence-corrected chi connectivity index (χ0v) is 12.6. The number of nitrogens with one attached hydrogen (secondary N) is 1. The highest BCUT2D eigenvalue weighted by Gasteiger charge is 2.24. The molecule has 106 valence electrons. The Labute approximate surface area is 118 Å². The topological polar surface area (TPSA) is 12.0 Å². The van der Waals surface area contributed by atoms with Crippen LogP contribution in [0.15, 0.2) is 30.3 Å². The summed E-state index contributed by atoms with van der Waals surface area (Å²) in [6.45, 7) is 6.00. The number of hydrogen-bond acceptors (Lipinski definition) is 1. The molecule has 19 heavy (non-hydrogen) atoms. The van der Waals surface area contributed by atoms with Gasteiger partial charge in [-0.05, 0) is 62.5 Å². The molecule has 3 atom stereocenters. The zero-order chi connectivity index (χ0) is 13.5. The van der Waals surface area contributed by atoms with Crippen LogP contribution in [-0.4, -0.2) is 12.6 Å². The van der Waals surface area contributed by atoms with Crippen LogP contribution in [0.2, 0.25) is 0 Å². The smallest absolute Gasteiger partial charge is 0.00928 e. The Morgan fingerprint density at radius 3 is 2.58 bits per heavy atom. The van der Waals surface area contributed by atoms with Gasteiger partial charge in [-0.15, -0.1) is 0 Å². The molecule has 0 radical (unpaired) electrons. The predicted octanol–water partition coefficient (Wildman–Crippen LogP) is 4.42. The summed E-state index contributed by atoms with van der Waals surface area (Å²) in [4.78, 5) is 0. The maximum Gasteiger partial charge on any atom is 0.00928 e. The number of rotatable bonds is 6. The first-order chi connectivity index (χ1) is 9.25. The minimum absolute atomic E-state index is 0.771. The third-order valence-electron chi connectivity index (χ3n) is 4.57. The van der Waals surface area contributed by atoms with Crippen molar-refractivity contribution < 1.29 is 0 Å². The van der Waals surface area contributed by atoms with Gasteiger partial charge in [-0.3, -0.25) is 0 Å². The van der Waals surface area contributed by atoms with Gasteiger partial charge in [-0.1, -0.05) is 44.2 Å². The van der Waals surface area contributed by atoms with Gasteiger partial charge >= 0.3 is 0 Å². The number of benzene rings is 1. The highest BCUT2D eigenvalue weighted by Crippen LogP contribution is 2.28. The van der Waals surface area contributed by atoms with Crippen molar-refractivity contribution in [1.82, 2.24) is 5.32 Å². The van der Waals surface area contributed by atoms with E-state index in [-0.39, 0.29) is 0 Å². The molecule has 1 aliphatic carbocycles. The summed E-state index contributed by atoms with van der Waals surface area (Å²) in [6.07, 6.45) is 8.01. The van der Waals surface area contributed by atoms with Crippen LogP contribution in [-0.2, 0) is 6.42 Å². The fourth-order valence-corrected chi connectivity index (χ4v) is 3.35. The van der Waals surface area contributed by atoms with E-state index in [1.165, 1.54) is 50.6 Å². The lowest BCUT2D eigenvalue weighted by Crippen LogP contribution is -2.39. The van der Waals surface area contributed by atoms with Crippen molar-refractivity contribution in [2.75, 3.05) is 6.54 Å². The molecule has 1 aromatic rings. The third-order valence-corrected chi connectivity index (χ3v) is 4.57. The van der Waals surface area contributed by atoms with Gasteiger partial charge in [0.2, 0.25) is 0 Å². The monoisotopic (exact) mass is 259 g/mol. The number of aryl methyl sites for hydroxylation is 1. The van der Waals surface area contributed by atoms with Crippen molar-refractivity contribution in [3.8, 4) is 0 Å². The van der Waals surface area contributed by atoms with Crippen LogP contribution in [0, 0.1) is 11.8 Å². The quantitative estimate of drug-likeness (QED) is 0.746. The molecule has 1 aromatic carbocycles. The van der Waals surface area contributed by atoms with Gasteiger partial charge in [0.25, 0.3) is 0 Å². The van der Waals surface area contributed by atoms with Crippen LogP contribution in [0.4, 0.5) is 0 Å². The van der Waals surface area contributed by atoms with Crippen molar-refractivity contribution in [2.45, 2.75) is 58.4 Å². The van der Waals surface area contributed by atoms with Crippen LogP contribution in [0.25, 0.3) is 0 Å². The second kappa shape index (κ2) is 7.69. The van der Waals surface area contributed by atoms with E-state index in [2.05, 4.69) is 49.5 Å². The molecule has 1 nitrogen and oxygen atoms in total. The lowest BCUT2D eigenvalue weighted by molar-refractivity contribution is 0.228. The summed E-state index contributed by atoms with van der Waals surface area (Å²) in [5, 5.41) is 3.78. The minimum Gasteiger partial charge on any atom is -0.314 e. The highest BCUT2D eigenvalue weighted by atomic mass is 14.9. The molecule has 0 bridgehead atoms. The van der Waals surface area contributed by atoms with E-state index in [1.54, 1.807) is 0 Å². The summed E-state index contributed by atoms with van der Waals surface area (Å²) in [6, 6.07) is 11.6. The molecule has 1 aliphatic rings. The lowest BCUT2D eigenvalue weighted by Gasteiger charge is -2.33. The Hall–Kier alpha value is -0.820. The van der Waals surface area contributed by atoms with Gasteiger partial charge in [0, 0.05) is 6.04 Å². The molecule has 2 rings (SSSR count). The minimum atomic E-state index is 0.771. The van der Waals surface area contributed by atoms with Gasteiger partial charge < -0.3 is 5.32 Å². The Balaban J connectivity index is 1.57. The van der Waals surface area contributed by atoms with Gasteiger partial charge in [0.05, 0.1) is 0 Å². The molecule has 1 heteroatoms. The van der Waals surface area contributed by atoms with Crippen molar-refractivity contribution in [3.63, 3.8) is 0 Å². The molecule has 3 unspecified atom stereocenters. The molecular weight excluding hydrogens is 230 g/mol. The Morgan fingerprint density at radius 1 is 1.05 bits per heavy atom. The van der Waals surface area contributed by atoms with Crippen molar-refractivity contribution in [2.24, 2.45) is 11.8 Å². The average Bonchev–Trinajstić information content (AvgIpc) is 2.42. The van der Waals surface area contributed by atoms with E-state index in [0.717, 1.165) is 17.9 Å². The van der Waals surface area contributed by atoms with E-state index >= 15 is 0 Å². The van der Waals surface area contributed by atoms with Crippen molar-refractivity contribution >= 4 is 0 Å². The SMILES string of the molecule is CC1CCC(NCCCCc2ccccc2)C(C)C1. The largest absolute Gasteiger partial charge is 0.314 e. The zero-order valence-electron chi connectivity index (χ0n) is 12.6. The summed E-state index contributed by atoms with van der Waals surface area (Å²) < 4.78 is 0. The first kappa shape index (κ1) is 14.6. The number of unbranched alkanes of at least 4 members (excludes halogenated alkanes) is 1. The Bertz CT molecular complexity index is 346.